The summed E-state index contributed by atoms with van der Waals surface area (Å²) in [7, 11) is 13.2. The number of hydrogen-bond donors (Lipinski definition) is 2. The molecule has 0 unspecified atom stereocenters. The third-order valence-electron chi connectivity index (χ3n) is 25.5. The van der Waals surface area contributed by atoms with Crippen LogP contribution in [-0.4, -0.2) is 225 Å². The molecule has 6 aliphatic carbocycles. The van der Waals surface area contributed by atoms with Crippen molar-refractivity contribution in [2.75, 3.05) is 108 Å². The van der Waals surface area contributed by atoms with E-state index in [0.717, 1.165) is 123 Å². The van der Waals surface area contributed by atoms with Gasteiger partial charge in [0.15, 0.2) is 0 Å². The molecule has 18 heteroatoms. The first kappa shape index (κ1) is 74.1. The SMILES string of the molecule is CN(C)C1(c2ccccc2)CCC2(CC1)CN(CC(C)(C)CC(=O)CCC(=O)O)C(=O)N2CC1CC1.CN(C)C1(c2ccccc2)CCC2(CC1)CN(CC(C)(C)N)C(=O)N2CC1CC1.CN(C)C1(c2ccccc2)CCC2(CC1)CN(CC(C)(C)N1CCCC1=O)C(=O)N2CC1CC1. The van der Waals surface area contributed by atoms with E-state index in [1.54, 1.807) is 0 Å². The number of benzene rings is 3. The molecule has 0 radical (unpaired) electrons. The Hall–Kier alpha value is -6.08. The minimum Gasteiger partial charge on any atom is -0.481 e. The number of carboxylic acid groups (broad SMARTS) is 1. The number of nitrogens with zero attached hydrogens (tertiary/aromatic N) is 10. The van der Waals surface area contributed by atoms with Crippen LogP contribution < -0.4 is 5.73 Å². The molecular weight excluding hydrogens is 1240 g/mol. The molecule has 3 spiro atoms. The lowest BCUT2D eigenvalue weighted by Crippen LogP contribution is -2.55. The smallest absolute Gasteiger partial charge is 0.320 e. The average molecular weight is 1360 g/mol. The third-order valence-corrected chi connectivity index (χ3v) is 25.5. The van der Waals surface area contributed by atoms with Crippen LogP contribution in [0.2, 0.25) is 0 Å². The van der Waals surface area contributed by atoms with Gasteiger partial charge in [0.05, 0.1) is 28.6 Å². The molecule has 7 amide bonds. The third kappa shape index (κ3) is 16.1. The molecular formula is C81H123N11O7. The number of carbonyl (C=O) groups excluding carboxylic acids is 5. The van der Waals surface area contributed by atoms with E-state index in [1.165, 1.54) is 55.2 Å². The largest absolute Gasteiger partial charge is 0.481 e. The summed E-state index contributed by atoms with van der Waals surface area (Å²) in [5.41, 5.74) is 9.13. The Morgan fingerprint density at radius 3 is 1.08 bits per heavy atom. The Kier molecular flexibility index (Phi) is 21.7. The minimum atomic E-state index is -0.949. The van der Waals surface area contributed by atoms with Crippen molar-refractivity contribution in [3.63, 3.8) is 0 Å². The summed E-state index contributed by atoms with van der Waals surface area (Å²) >= 11 is 0. The molecule has 13 rings (SSSR count). The standard InChI is InChI=1S/C29H43N3O4.C28H42N4O2.C24H38N4O/c1-27(2,18-24(33)12-13-25(34)35)20-31-21-28(32(26(31)36)19-22-10-11-22)14-16-29(17-15-28,30(3)4)23-8-6-5-7-9-23;1-26(2,31-18-8-11-24(31)33)20-30-21-27(32(25(30)34)19-22-12-13-22)14-16-28(17-15-27,29(3)4)23-9-6-5-7-10-23;1-22(2,25)17-27-18-23(28(21(27)29)16-19-10-11-19)12-14-24(15-13-23,26(3)4)20-8-6-5-7-9-20/h5-9,22H,10-21H2,1-4H3,(H,34,35);5-7,9-10,22H,8,11-21H2,1-4H3;5-9,19H,10-18,25H2,1-4H3. The van der Waals surface area contributed by atoms with Gasteiger partial charge in [0, 0.05) is 107 Å². The van der Waals surface area contributed by atoms with Crippen molar-refractivity contribution >= 4 is 35.8 Å². The van der Waals surface area contributed by atoms with Crippen LogP contribution in [0.25, 0.3) is 0 Å². The van der Waals surface area contributed by atoms with Gasteiger partial charge in [-0.2, -0.15) is 0 Å². The highest BCUT2D eigenvalue weighted by Crippen LogP contribution is 2.54. The molecule has 0 aromatic heterocycles. The zero-order chi connectivity index (χ0) is 71.1. The second-order valence-corrected chi connectivity index (χ2v) is 35.4. The second kappa shape index (κ2) is 29.0. The summed E-state index contributed by atoms with van der Waals surface area (Å²) in [6.07, 6.45) is 21.6. The molecule has 3 N–H and O–H groups in total. The van der Waals surface area contributed by atoms with E-state index < -0.39 is 11.4 Å². The summed E-state index contributed by atoms with van der Waals surface area (Å²) in [5.74, 6) is 1.23. The highest BCUT2D eigenvalue weighted by Gasteiger charge is 2.60. The van der Waals surface area contributed by atoms with Crippen LogP contribution in [0, 0.1) is 23.2 Å². The maximum Gasteiger partial charge on any atom is 0.320 e. The van der Waals surface area contributed by atoms with E-state index in [0.29, 0.717) is 50.4 Å². The van der Waals surface area contributed by atoms with Crippen molar-refractivity contribution in [1.82, 2.24) is 49.0 Å². The fourth-order valence-corrected chi connectivity index (χ4v) is 19.2. The van der Waals surface area contributed by atoms with Crippen molar-refractivity contribution in [2.24, 2.45) is 28.9 Å². The van der Waals surface area contributed by atoms with Gasteiger partial charge in [-0.1, -0.05) is 105 Å². The number of aliphatic carboxylic acids is 1. The normalized spacial score (nSPS) is 29.1. The monoisotopic (exact) mass is 1360 g/mol. The van der Waals surface area contributed by atoms with Gasteiger partial charge in [0.1, 0.15) is 5.78 Å². The first-order valence-corrected chi connectivity index (χ1v) is 38.0. The number of ketones is 1. The molecule has 0 atom stereocenters. The number of carboxylic acids is 1. The number of urea groups is 3. The maximum absolute atomic E-state index is 13.8. The molecule has 99 heavy (non-hydrogen) atoms. The predicted molar refractivity (Wildman–Crippen MR) is 392 cm³/mol. The molecule has 3 aromatic carbocycles. The van der Waals surface area contributed by atoms with Gasteiger partial charge in [-0.15, -0.1) is 0 Å². The van der Waals surface area contributed by atoms with Crippen molar-refractivity contribution in [1.29, 1.82) is 0 Å². The van der Waals surface area contributed by atoms with Crippen LogP contribution in [0.3, 0.4) is 0 Å². The first-order valence-electron chi connectivity index (χ1n) is 38.0. The van der Waals surface area contributed by atoms with E-state index in [4.69, 9.17) is 10.8 Å². The number of carbonyl (C=O) groups is 6. The van der Waals surface area contributed by atoms with E-state index in [-0.39, 0.29) is 93.4 Å². The minimum absolute atomic E-state index is 0.0233. The molecule has 6 saturated carbocycles. The van der Waals surface area contributed by atoms with Gasteiger partial charge in [-0.25, -0.2) is 14.4 Å². The lowest BCUT2D eigenvalue weighted by molar-refractivity contribution is -0.138. The number of hydrogen-bond acceptors (Lipinski definition) is 10. The highest BCUT2D eigenvalue weighted by atomic mass is 16.4. The molecule has 544 valence electrons. The molecule has 4 aliphatic heterocycles. The van der Waals surface area contributed by atoms with Crippen molar-refractivity contribution < 1.29 is 33.9 Å². The molecule has 4 saturated heterocycles. The number of nitrogens with two attached hydrogens (primary N) is 1. The second-order valence-electron chi connectivity index (χ2n) is 35.4. The summed E-state index contributed by atoms with van der Waals surface area (Å²) in [6, 6.07) is 33.1. The predicted octanol–water partition coefficient (Wildman–Crippen LogP) is 12.7. The summed E-state index contributed by atoms with van der Waals surface area (Å²) < 4.78 is 0. The lowest BCUT2D eigenvalue weighted by Gasteiger charge is -2.51. The molecule has 3 aromatic rings. The zero-order valence-electron chi connectivity index (χ0n) is 62.7. The number of likely N-dealkylation sites (tertiary alicyclic amines) is 1. The molecule has 10 aliphatic rings. The molecule has 18 nitrogen and oxygen atoms in total. The Labute approximate surface area is 593 Å². The Morgan fingerprint density at radius 1 is 0.475 bits per heavy atom. The summed E-state index contributed by atoms with van der Waals surface area (Å²) in [4.78, 5) is 98.7. The fraction of sp³-hybridized carbons (Fsp3) is 0.704. The van der Waals surface area contributed by atoms with Crippen LogP contribution >= 0.6 is 0 Å². The summed E-state index contributed by atoms with van der Waals surface area (Å²) in [6.45, 7) is 19.9. The van der Waals surface area contributed by atoms with Crippen molar-refractivity contribution in [3.8, 4) is 0 Å². The van der Waals surface area contributed by atoms with Crippen LogP contribution in [0.1, 0.15) is 206 Å². The Bertz CT molecular complexity index is 3300. The molecule has 10 fully saturated rings. The van der Waals surface area contributed by atoms with Gasteiger partial charge in [0.25, 0.3) is 0 Å². The highest BCUT2D eigenvalue weighted by molar-refractivity contribution is 5.84. The van der Waals surface area contributed by atoms with Gasteiger partial charge in [-0.05, 0) is 232 Å². The van der Waals surface area contributed by atoms with E-state index in [1.807, 2.05) is 42.4 Å². The van der Waals surface area contributed by atoms with E-state index >= 15 is 0 Å². The number of Topliss-reactive ketones (excluding diaryl/α,β-unsaturated/α-hetero) is 1. The van der Waals surface area contributed by atoms with Crippen molar-refractivity contribution in [2.45, 2.75) is 234 Å². The summed E-state index contributed by atoms with van der Waals surface area (Å²) in [5, 5.41) is 8.90. The Balaban J connectivity index is 0.000000151. The first-order chi connectivity index (χ1) is 46.8. The quantitative estimate of drug-likeness (QED) is 0.0871. The lowest BCUT2D eigenvalue weighted by atomic mass is 9.68. The fourth-order valence-electron chi connectivity index (χ4n) is 19.2. The number of amides is 7. The van der Waals surface area contributed by atoms with Gasteiger partial charge in [0.2, 0.25) is 5.91 Å². The average Bonchev–Trinajstić information content (AvgIpc) is 1.63. The van der Waals surface area contributed by atoms with Crippen LogP contribution in [0.4, 0.5) is 14.4 Å². The van der Waals surface area contributed by atoms with Gasteiger partial charge >= 0.3 is 24.1 Å². The van der Waals surface area contributed by atoms with Crippen LogP contribution in [0.5, 0.6) is 0 Å². The van der Waals surface area contributed by atoms with Gasteiger partial charge in [-0.3, -0.25) is 29.1 Å². The molecule has 4 heterocycles. The molecule has 0 bridgehead atoms. The van der Waals surface area contributed by atoms with Crippen LogP contribution in [0.15, 0.2) is 91.0 Å². The van der Waals surface area contributed by atoms with E-state index in [2.05, 4.69) is 181 Å². The Morgan fingerprint density at radius 2 is 0.798 bits per heavy atom. The van der Waals surface area contributed by atoms with Crippen molar-refractivity contribution in [3.05, 3.63) is 108 Å². The topological polar surface area (TPSA) is 181 Å². The van der Waals surface area contributed by atoms with E-state index in [9.17, 15) is 28.8 Å². The van der Waals surface area contributed by atoms with Crippen LogP contribution in [-0.2, 0) is 31.0 Å². The zero-order valence-corrected chi connectivity index (χ0v) is 62.7. The number of rotatable bonds is 24. The van der Waals surface area contributed by atoms with Gasteiger partial charge < -0.3 is 45.1 Å². The maximum atomic E-state index is 13.8.